The van der Waals surface area contributed by atoms with Gasteiger partial charge in [0.1, 0.15) is 0 Å². The Morgan fingerprint density at radius 1 is 0.724 bits per heavy atom. The van der Waals surface area contributed by atoms with Crippen molar-refractivity contribution in [1.29, 1.82) is 0 Å². The van der Waals surface area contributed by atoms with Gasteiger partial charge in [-0.1, -0.05) is 50.2 Å². The maximum Gasteiger partial charge on any atom is 0.255 e. The van der Waals surface area contributed by atoms with E-state index in [1.54, 1.807) is 36.4 Å². The predicted molar refractivity (Wildman–Crippen MR) is 119 cm³/mol. The normalized spacial score (nSPS) is 10.7. The molecule has 0 atom stereocenters. The van der Waals surface area contributed by atoms with Crippen LogP contribution in [0.5, 0.6) is 0 Å². The van der Waals surface area contributed by atoms with E-state index in [0.29, 0.717) is 22.7 Å². The van der Waals surface area contributed by atoms with Gasteiger partial charge in [-0.2, -0.15) is 0 Å². The van der Waals surface area contributed by atoms with Gasteiger partial charge in [-0.05, 0) is 66.8 Å². The first kappa shape index (κ1) is 20.3. The zero-order valence-electron chi connectivity index (χ0n) is 17.2. The average Bonchev–Trinajstić information content (AvgIpc) is 2.71. The van der Waals surface area contributed by atoms with E-state index in [1.807, 2.05) is 32.0 Å². The van der Waals surface area contributed by atoms with Crippen molar-refractivity contribution in [3.05, 3.63) is 94.5 Å². The summed E-state index contributed by atoms with van der Waals surface area (Å²) in [5, 5.41) is 5.86. The number of amides is 2. The van der Waals surface area contributed by atoms with Gasteiger partial charge in [-0.15, -0.1) is 0 Å². The molecular weight excluding hydrogens is 360 g/mol. The number of hydrogen-bond donors (Lipinski definition) is 2. The summed E-state index contributed by atoms with van der Waals surface area (Å²) in [5.74, 6) is 0.0190. The number of benzene rings is 3. The first-order chi connectivity index (χ1) is 13.8. The molecule has 0 aliphatic heterocycles. The number of anilines is 2. The molecule has 0 saturated carbocycles. The van der Waals surface area contributed by atoms with Gasteiger partial charge in [-0.3, -0.25) is 9.59 Å². The van der Waals surface area contributed by atoms with Crippen molar-refractivity contribution >= 4 is 23.2 Å². The molecule has 0 unspecified atom stereocenters. The summed E-state index contributed by atoms with van der Waals surface area (Å²) in [5.41, 5.74) is 5.80. The molecule has 0 spiro atoms. The highest BCUT2D eigenvalue weighted by molar-refractivity contribution is 6.07. The molecule has 2 N–H and O–H groups in total. The monoisotopic (exact) mass is 386 g/mol. The number of carbonyl (C=O) groups is 2. The fraction of sp³-hybridized carbons (Fsp3) is 0.200. The summed E-state index contributed by atoms with van der Waals surface area (Å²) in [4.78, 5) is 25.2. The van der Waals surface area contributed by atoms with Gasteiger partial charge >= 0.3 is 0 Å². The fourth-order valence-electron chi connectivity index (χ4n) is 3.24. The maximum atomic E-state index is 12.8. The Morgan fingerprint density at radius 3 is 1.93 bits per heavy atom. The van der Waals surface area contributed by atoms with E-state index >= 15 is 0 Å². The summed E-state index contributed by atoms with van der Waals surface area (Å²) in [6.45, 7) is 8.32. The van der Waals surface area contributed by atoms with Crippen LogP contribution < -0.4 is 10.6 Å². The topological polar surface area (TPSA) is 58.2 Å². The Hall–Kier alpha value is -3.40. The quantitative estimate of drug-likeness (QED) is 0.571. The van der Waals surface area contributed by atoms with Crippen LogP contribution >= 0.6 is 0 Å². The number of rotatable bonds is 5. The second-order valence-corrected chi connectivity index (χ2v) is 7.54. The van der Waals surface area contributed by atoms with Crippen LogP contribution in [0.15, 0.2) is 66.7 Å². The maximum absolute atomic E-state index is 12.8. The minimum absolute atomic E-state index is 0.204. The number of carbonyl (C=O) groups excluding carboxylic acids is 2. The Balaban J connectivity index is 1.77. The standard InChI is InChI=1S/C25H26N2O2/c1-16(2)21-13-17(3)23(18(4)14-21)27-25(29)20-11-8-12-22(15-20)26-24(28)19-9-6-5-7-10-19/h5-16H,1-4H3,(H,26,28)(H,27,29). The molecule has 0 fully saturated rings. The molecule has 0 aromatic heterocycles. The van der Waals surface area contributed by atoms with Crippen LogP contribution in [0.25, 0.3) is 0 Å². The highest BCUT2D eigenvalue weighted by Crippen LogP contribution is 2.27. The third kappa shape index (κ3) is 4.91. The minimum Gasteiger partial charge on any atom is -0.322 e. The lowest BCUT2D eigenvalue weighted by Gasteiger charge is -2.16. The highest BCUT2D eigenvalue weighted by atomic mass is 16.2. The van der Waals surface area contributed by atoms with Gasteiger partial charge in [0, 0.05) is 22.5 Å². The molecule has 3 aromatic rings. The van der Waals surface area contributed by atoms with Crippen LogP contribution in [-0.4, -0.2) is 11.8 Å². The summed E-state index contributed by atoms with van der Waals surface area (Å²) in [7, 11) is 0. The predicted octanol–water partition coefficient (Wildman–Crippen LogP) is 5.93. The van der Waals surface area contributed by atoms with E-state index in [0.717, 1.165) is 16.8 Å². The lowest BCUT2D eigenvalue weighted by Crippen LogP contribution is -2.16. The number of aryl methyl sites for hydroxylation is 2. The molecule has 2 amide bonds. The van der Waals surface area contributed by atoms with E-state index in [4.69, 9.17) is 0 Å². The van der Waals surface area contributed by atoms with Crippen molar-refractivity contribution in [3.8, 4) is 0 Å². The van der Waals surface area contributed by atoms with E-state index in [9.17, 15) is 9.59 Å². The van der Waals surface area contributed by atoms with E-state index < -0.39 is 0 Å². The smallest absolute Gasteiger partial charge is 0.255 e. The molecule has 148 valence electrons. The first-order valence-electron chi connectivity index (χ1n) is 9.74. The zero-order valence-corrected chi connectivity index (χ0v) is 17.2. The fourth-order valence-corrected chi connectivity index (χ4v) is 3.24. The molecule has 4 heteroatoms. The molecule has 3 aromatic carbocycles. The second kappa shape index (κ2) is 8.74. The van der Waals surface area contributed by atoms with Gasteiger partial charge in [0.2, 0.25) is 0 Å². The van der Waals surface area contributed by atoms with Crippen molar-refractivity contribution < 1.29 is 9.59 Å². The van der Waals surface area contributed by atoms with Crippen molar-refractivity contribution in [1.82, 2.24) is 0 Å². The third-order valence-electron chi connectivity index (χ3n) is 4.88. The molecule has 0 radical (unpaired) electrons. The molecule has 0 aliphatic carbocycles. The van der Waals surface area contributed by atoms with Gasteiger partial charge < -0.3 is 10.6 Å². The Labute approximate surface area is 172 Å². The van der Waals surface area contributed by atoms with E-state index in [1.165, 1.54) is 5.56 Å². The molecule has 0 bridgehead atoms. The second-order valence-electron chi connectivity index (χ2n) is 7.54. The largest absolute Gasteiger partial charge is 0.322 e. The SMILES string of the molecule is Cc1cc(C(C)C)cc(C)c1NC(=O)c1cccc(NC(=O)c2ccccc2)c1. The lowest BCUT2D eigenvalue weighted by molar-refractivity contribution is 0.101. The van der Waals surface area contributed by atoms with Crippen LogP contribution in [0.3, 0.4) is 0 Å². The molecule has 4 nitrogen and oxygen atoms in total. The van der Waals surface area contributed by atoms with Gasteiger partial charge in [0.05, 0.1) is 0 Å². The van der Waals surface area contributed by atoms with Crippen LogP contribution in [0.4, 0.5) is 11.4 Å². The minimum atomic E-state index is -0.209. The number of nitrogens with one attached hydrogen (secondary N) is 2. The Bertz CT molecular complexity index is 1020. The van der Waals surface area contributed by atoms with Crippen molar-refractivity contribution in [2.45, 2.75) is 33.6 Å². The highest BCUT2D eigenvalue weighted by Gasteiger charge is 2.13. The Kier molecular flexibility index (Phi) is 6.13. The first-order valence-corrected chi connectivity index (χ1v) is 9.74. The van der Waals surface area contributed by atoms with Crippen molar-refractivity contribution in [3.63, 3.8) is 0 Å². The summed E-state index contributed by atoms with van der Waals surface area (Å²) in [6, 6.07) is 20.2. The van der Waals surface area contributed by atoms with Crippen molar-refractivity contribution in [2.24, 2.45) is 0 Å². The molecular formula is C25H26N2O2. The van der Waals surface area contributed by atoms with Crippen LogP contribution in [-0.2, 0) is 0 Å². The molecule has 0 saturated heterocycles. The lowest BCUT2D eigenvalue weighted by atomic mass is 9.97. The van der Waals surface area contributed by atoms with Crippen LogP contribution in [0.2, 0.25) is 0 Å². The molecule has 3 rings (SSSR count). The summed E-state index contributed by atoms with van der Waals surface area (Å²) in [6.07, 6.45) is 0. The molecule has 0 aliphatic rings. The van der Waals surface area contributed by atoms with Gasteiger partial charge in [-0.25, -0.2) is 0 Å². The van der Waals surface area contributed by atoms with Gasteiger partial charge in [0.15, 0.2) is 0 Å². The van der Waals surface area contributed by atoms with Crippen LogP contribution in [0, 0.1) is 13.8 Å². The van der Waals surface area contributed by atoms with Gasteiger partial charge in [0.25, 0.3) is 11.8 Å². The zero-order chi connectivity index (χ0) is 21.0. The van der Waals surface area contributed by atoms with Crippen LogP contribution in [0.1, 0.15) is 57.2 Å². The van der Waals surface area contributed by atoms with E-state index in [2.05, 4.69) is 36.6 Å². The third-order valence-corrected chi connectivity index (χ3v) is 4.88. The Morgan fingerprint density at radius 2 is 1.31 bits per heavy atom. The molecule has 0 heterocycles. The van der Waals surface area contributed by atoms with E-state index in [-0.39, 0.29) is 11.8 Å². The molecule has 29 heavy (non-hydrogen) atoms. The summed E-state index contributed by atoms with van der Waals surface area (Å²) >= 11 is 0. The number of hydrogen-bond acceptors (Lipinski definition) is 2. The summed E-state index contributed by atoms with van der Waals surface area (Å²) < 4.78 is 0. The average molecular weight is 386 g/mol. The van der Waals surface area contributed by atoms with Crippen molar-refractivity contribution in [2.75, 3.05) is 10.6 Å².